The van der Waals surface area contributed by atoms with E-state index in [1.54, 1.807) is 4.57 Å². The van der Waals surface area contributed by atoms with Gasteiger partial charge in [0.15, 0.2) is 0 Å². The summed E-state index contributed by atoms with van der Waals surface area (Å²) in [6, 6.07) is 0. The molecule has 42 valence electrons. The minimum absolute atomic E-state index is 0.648. The smallest absolute Gasteiger partial charge is 0.149 e. The minimum atomic E-state index is 0.648. The second kappa shape index (κ2) is 1.43. The highest BCUT2D eigenvalue weighted by atomic mass is 15.2. The van der Waals surface area contributed by atoms with Crippen LogP contribution in [0.25, 0.3) is 13.2 Å². The Morgan fingerprint density at radius 2 is 1.62 bits per heavy atom. The van der Waals surface area contributed by atoms with Crippen molar-refractivity contribution in [3.05, 3.63) is 11.0 Å². The maximum atomic E-state index is 3.66. The quantitative estimate of drug-likeness (QED) is 0.412. The fourth-order valence-electron chi connectivity index (χ4n) is 0.399. The Hall–Kier alpha value is -1.12. The van der Waals surface area contributed by atoms with Crippen LogP contribution in [-0.2, 0) is 7.05 Å². The average Bonchev–Trinajstić information content (AvgIpc) is 1.98. The molecule has 3 heteroatoms. The molecule has 0 unspecified atom stereocenters. The summed E-state index contributed by atoms with van der Waals surface area (Å²) < 4.78 is 1.72. The highest BCUT2D eigenvalue weighted by molar-refractivity contribution is 4.91. The van der Waals surface area contributed by atoms with Crippen molar-refractivity contribution in [3.63, 3.8) is 0 Å². The molecule has 3 nitrogen and oxygen atoms in total. The van der Waals surface area contributed by atoms with Crippen LogP contribution in [-0.4, -0.2) is 14.8 Å². The van der Waals surface area contributed by atoms with Crippen LogP contribution in [0.1, 0.15) is 0 Å². The molecule has 0 amide bonds. The lowest BCUT2D eigenvalue weighted by Crippen LogP contribution is -2.21. The molecule has 0 aliphatic rings. The van der Waals surface area contributed by atoms with Crippen molar-refractivity contribution in [1.29, 1.82) is 0 Å². The highest BCUT2D eigenvalue weighted by Gasteiger charge is 1.84. The van der Waals surface area contributed by atoms with Crippen LogP contribution < -0.4 is 11.0 Å². The molecule has 0 saturated heterocycles. The van der Waals surface area contributed by atoms with Crippen molar-refractivity contribution < 1.29 is 0 Å². The van der Waals surface area contributed by atoms with Crippen LogP contribution >= 0.6 is 0 Å². The summed E-state index contributed by atoms with van der Waals surface area (Å²) in [6.07, 6.45) is 0. The van der Waals surface area contributed by atoms with Crippen molar-refractivity contribution in [2.45, 2.75) is 0 Å². The van der Waals surface area contributed by atoms with E-state index < -0.39 is 0 Å². The lowest BCUT2D eigenvalue weighted by molar-refractivity contribution is 0.842. The number of rotatable bonds is 0. The van der Waals surface area contributed by atoms with Crippen molar-refractivity contribution in [2.75, 3.05) is 0 Å². The second-order valence-electron chi connectivity index (χ2n) is 1.59. The third-order valence-corrected chi connectivity index (χ3v) is 1.06. The maximum Gasteiger partial charge on any atom is 0.149 e. The molecule has 0 aliphatic heterocycles. The van der Waals surface area contributed by atoms with Crippen molar-refractivity contribution >= 4 is 13.2 Å². The molecule has 0 spiro atoms. The molecule has 1 aromatic rings. The van der Waals surface area contributed by atoms with Gasteiger partial charge in [0, 0.05) is 7.05 Å². The van der Waals surface area contributed by atoms with E-state index in [1.165, 1.54) is 0 Å². The zero-order valence-corrected chi connectivity index (χ0v) is 4.76. The Morgan fingerprint density at radius 1 is 1.25 bits per heavy atom. The van der Waals surface area contributed by atoms with Crippen LogP contribution in [0.4, 0.5) is 0 Å². The summed E-state index contributed by atoms with van der Waals surface area (Å²) in [4.78, 5) is 0. The van der Waals surface area contributed by atoms with E-state index in [4.69, 9.17) is 0 Å². The first kappa shape index (κ1) is 5.03. The average molecular weight is 109 g/mol. The molecule has 0 atom stereocenters. The maximum absolute atomic E-state index is 3.66. The van der Waals surface area contributed by atoms with Gasteiger partial charge in [0.25, 0.3) is 0 Å². The van der Waals surface area contributed by atoms with Crippen LogP contribution in [0.15, 0.2) is 0 Å². The molecule has 1 rings (SSSR count). The summed E-state index contributed by atoms with van der Waals surface area (Å²) in [5, 5.41) is 7.31. The predicted octanol–water partition coefficient (Wildman–Crippen LogP) is -1.36. The number of hydrogen-bond donors (Lipinski definition) is 0. The molecule has 0 bridgehead atoms. The molecule has 0 radical (unpaired) electrons. The Kier molecular flexibility index (Phi) is 0.901. The fourth-order valence-corrected chi connectivity index (χ4v) is 0.399. The van der Waals surface area contributed by atoms with E-state index in [0.29, 0.717) is 11.0 Å². The Labute approximate surface area is 47.0 Å². The topological polar surface area (TPSA) is 30.7 Å². The second-order valence-corrected chi connectivity index (χ2v) is 1.59. The molecule has 0 aliphatic carbocycles. The molecule has 1 heterocycles. The van der Waals surface area contributed by atoms with Crippen molar-refractivity contribution in [2.24, 2.45) is 7.05 Å². The van der Waals surface area contributed by atoms with E-state index in [2.05, 4.69) is 23.4 Å². The molecular weight excluding hydrogens is 102 g/mol. The van der Waals surface area contributed by atoms with Gasteiger partial charge < -0.3 is 4.57 Å². The van der Waals surface area contributed by atoms with Gasteiger partial charge in [-0.15, -0.1) is 10.2 Å². The van der Waals surface area contributed by atoms with Gasteiger partial charge >= 0.3 is 0 Å². The Bertz CT molecular complexity index is 245. The SMILES string of the molecule is C=c1nnc(=C)n1C. The van der Waals surface area contributed by atoms with Gasteiger partial charge in [-0.2, -0.15) is 0 Å². The summed E-state index contributed by atoms with van der Waals surface area (Å²) in [7, 11) is 1.82. The van der Waals surface area contributed by atoms with Crippen LogP contribution in [0, 0.1) is 0 Å². The van der Waals surface area contributed by atoms with Gasteiger partial charge in [0.05, 0.1) is 0 Å². The Morgan fingerprint density at radius 3 is 1.75 bits per heavy atom. The first-order valence-electron chi connectivity index (χ1n) is 2.25. The molecule has 8 heavy (non-hydrogen) atoms. The molecular formula is C5H7N3. The summed E-state index contributed by atoms with van der Waals surface area (Å²) in [6.45, 7) is 7.18. The van der Waals surface area contributed by atoms with Gasteiger partial charge in [-0.05, 0) is 0 Å². The number of nitrogens with zero attached hydrogens (tertiary/aromatic N) is 3. The van der Waals surface area contributed by atoms with Gasteiger partial charge in [-0.3, -0.25) is 0 Å². The van der Waals surface area contributed by atoms with Gasteiger partial charge in [-0.1, -0.05) is 13.2 Å². The monoisotopic (exact) mass is 109 g/mol. The third kappa shape index (κ3) is 0.521. The van der Waals surface area contributed by atoms with E-state index in [0.717, 1.165) is 0 Å². The number of hydrogen-bond acceptors (Lipinski definition) is 2. The summed E-state index contributed by atoms with van der Waals surface area (Å²) >= 11 is 0. The third-order valence-electron chi connectivity index (χ3n) is 1.06. The normalized spacial score (nSPS) is 9.62. The van der Waals surface area contributed by atoms with Gasteiger partial charge in [0.2, 0.25) is 0 Å². The van der Waals surface area contributed by atoms with E-state index >= 15 is 0 Å². The van der Waals surface area contributed by atoms with Crippen molar-refractivity contribution in [1.82, 2.24) is 14.8 Å². The number of aromatic nitrogens is 3. The van der Waals surface area contributed by atoms with Crippen molar-refractivity contribution in [3.8, 4) is 0 Å². The predicted molar refractivity (Wildman–Crippen MR) is 31.3 cm³/mol. The molecule has 0 N–H and O–H groups in total. The van der Waals surface area contributed by atoms with E-state index in [9.17, 15) is 0 Å². The zero-order valence-electron chi connectivity index (χ0n) is 4.76. The van der Waals surface area contributed by atoms with Crippen LogP contribution in [0.3, 0.4) is 0 Å². The van der Waals surface area contributed by atoms with E-state index in [-0.39, 0.29) is 0 Å². The minimum Gasteiger partial charge on any atom is -0.312 e. The summed E-state index contributed by atoms with van der Waals surface area (Å²) in [5.74, 6) is 0. The zero-order chi connectivity index (χ0) is 6.15. The molecule has 0 aromatic carbocycles. The fraction of sp³-hybridized carbons (Fsp3) is 0.200. The van der Waals surface area contributed by atoms with Gasteiger partial charge in [0.1, 0.15) is 11.0 Å². The standard InChI is InChI=1S/C5H7N3/c1-4-6-7-5(2)8(4)3/h1-2H2,3H3. The molecule has 0 fully saturated rings. The highest BCUT2D eigenvalue weighted by Crippen LogP contribution is 1.46. The summed E-state index contributed by atoms with van der Waals surface area (Å²) in [5.41, 5.74) is 1.30. The lowest BCUT2D eigenvalue weighted by Gasteiger charge is -1.81. The first-order chi connectivity index (χ1) is 3.72. The largest absolute Gasteiger partial charge is 0.312 e. The molecule has 0 saturated carbocycles. The lowest BCUT2D eigenvalue weighted by atomic mass is 10.8. The van der Waals surface area contributed by atoms with E-state index in [1.807, 2.05) is 7.05 Å². The Balaban J connectivity index is 3.66. The van der Waals surface area contributed by atoms with Gasteiger partial charge in [-0.25, -0.2) is 0 Å². The van der Waals surface area contributed by atoms with Crippen LogP contribution in [0.2, 0.25) is 0 Å². The van der Waals surface area contributed by atoms with Crippen LogP contribution in [0.5, 0.6) is 0 Å². The first-order valence-corrected chi connectivity index (χ1v) is 2.25. The molecule has 1 aromatic heterocycles.